The minimum atomic E-state index is -0.986. The van der Waals surface area contributed by atoms with Crippen molar-refractivity contribution in [2.75, 3.05) is 20.1 Å². The number of hydrogen-bond donors (Lipinski definition) is 3. The summed E-state index contributed by atoms with van der Waals surface area (Å²) in [6, 6.07) is -0.674. The average molecular weight is 287 g/mol. The van der Waals surface area contributed by atoms with Gasteiger partial charge in [0.25, 0.3) is 0 Å². The van der Waals surface area contributed by atoms with E-state index in [1.165, 1.54) is 0 Å². The van der Waals surface area contributed by atoms with E-state index in [-0.39, 0.29) is 0 Å². The first-order valence-corrected chi connectivity index (χ1v) is 7.35. The first kappa shape index (κ1) is 18.7. The number of aliphatic carboxylic acids is 1. The van der Waals surface area contributed by atoms with Crippen LogP contribution in [-0.2, 0) is 4.79 Å². The zero-order valence-electron chi connectivity index (χ0n) is 13.1. The van der Waals surface area contributed by atoms with Crippen LogP contribution >= 0.6 is 0 Å². The van der Waals surface area contributed by atoms with Crippen LogP contribution in [-0.4, -0.2) is 54.2 Å². The quantitative estimate of drug-likeness (QED) is 0.534. The molecule has 0 bridgehead atoms. The monoisotopic (exact) mass is 287 g/mol. The van der Waals surface area contributed by atoms with Crippen LogP contribution in [0.5, 0.6) is 0 Å². The highest BCUT2D eigenvalue weighted by Gasteiger charge is 2.18. The van der Waals surface area contributed by atoms with Gasteiger partial charge < -0.3 is 20.6 Å². The second-order valence-electron chi connectivity index (χ2n) is 5.36. The number of unbranched alkanes of at least 4 members (excludes halogenated alkanes) is 1. The van der Waals surface area contributed by atoms with E-state index in [0.717, 1.165) is 25.8 Å². The molecule has 0 heterocycles. The van der Waals surface area contributed by atoms with Crippen molar-refractivity contribution >= 4 is 12.0 Å². The Hall–Kier alpha value is -1.30. The Morgan fingerprint density at radius 3 is 2.40 bits per heavy atom. The van der Waals surface area contributed by atoms with Gasteiger partial charge in [0.2, 0.25) is 0 Å². The van der Waals surface area contributed by atoms with E-state index in [4.69, 9.17) is 5.11 Å². The molecule has 0 saturated heterocycles. The lowest BCUT2D eigenvalue weighted by Gasteiger charge is -2.20. The minimum absolute atomic E-state index is 0.400. The Labute approximate surface area is 121 Å². The number of carbonyl (C=O) groups excluding carboxylic acids is 1. The molecule has 0 rings (SSSR count). The highest BCUT2D eigenvalue weighted by Crippen LogP contribution is 1.98. The molecular formula is C14H29N3O3. The summed E-state index contributed by atoms with van der Waals surface area (Å²) < 4.78 is 0. The number of carbonyl (C=O) groups is 2. The zero-order valence-corrected chi connectivity index (χ0v) is 13.1. The van der Waals surface area contributed by atoms with Crippen LogP contribution in [0, 0.1) is 0 Å². The number of amides is 2. The van der Waals surface area contributed by atoms with Crippen LogP contribution in [0.2, 0.25) is 0 Å². The van der Waals surface area contributed by atoms with Crippen molar-refractivity contribution in [1.82, 2.24) is 15.5 Å². The lowest BCUT2D eigenvalue weighted by molar-refractivity contribution is -0.139. The van der Waals surface area contributed by atoms with Gasteiger partial charge in [-0.05, 0) is 46.7 Å². The number of nitrogens with zero attached hydrogens (tertiary/aromatic N) is 1. The molecule has 0 aliphatic heterocycles. The molecule has 0 aromatic rings. The van der Waals surface area contributed by atoms with Crippen LogP contribution in [0.25, 0.3) is 0 Å². The average Bonchev–Trinajstić information content (AvgIpc) is 2.37. The molecule has 20 heavy (non-hydrogen) atoms. The van der Waals surface area contributed by atoms with Crippen molar-refractivity contribution in [3.05, 3.63) is 0 Å². The van der Waals surface area contributed by atoms with Gasteiger partial charge >= 0.3 is 12.0 Å². The fraction of sp³-hybridized carbons (Fsp3) is 0.857. The van der Waals surface area contributed by atoms with E-state index >= 15 is 0 Å². The number of carboxylic acid groups (broad SMARTS) is 1. The molecule has 0 aliphatic carbocycles. The molecule has 6 nitrogen and oxygen atoms in total. The molecule has 0 aliphatic rings. The van der Waals surface area contributed by atoms with Gasteiger partial charge in [-0.15, -0.1) is 0 Å². The molecule has 3 N–H and O–H groups in total. The smallest absolute Gasteiger partial charge is 0.326 e. The zero-order chi connectivity index (χ0) is 15.5. The second-order valence-corrected chi connectivity index (χ2v) is 5.36. The van der Waals surface area contributed by atoms with E-state index in [1.807, 2.05) is 6.92 Å². The van der Waals surface area contributed by atoms with Crippen molar-refractivity contribution in [2.24, 2.45) is 0 Å². The fourth-order valence-corrected chi connectivity index (χ4v) is 1.70. The second kappa shape index (κ2) is 10.5. The summed E-state index contributed by atoms with van der Waals surface area (Å²) in [4.78, 5) is 24.7. The van der Waals surface area contributed by atoms with E-state index in [9.17, 15) is 9.59 Å². The standard InChI is InChI=1S/C14H29N3O3/c1-5-8-12(13(18)19)16-14(20)15-9-6-7-10-17(4)11(2)3/h11-12H,5-10H2,1-4H3,(H,18,19)(H2,15,16,20)/t12-/m0/s1. The van der Waals surface area contributed by atoms with Gasteiger partial charge in [-0.2, -0.15) is 0 Å². The van der Waals surface area contributed by atoms with Crippen molar-refractivity contribution in [3.63, 3.8) is 0 Å². The van der Waals surface area contributed by atoms with Crippen molar-refractivity contribution < 1.29 is 14.7 Å². The molecule has 2 amide bonds. The van der Waals surface area contributed by atoms with E-state index in [1.54, 1.807) is 0 Å². The Balaban J connectivity index is 3.75. The van der Waals surface area contributed by atoms with E-state index < -0.39 is 18.0 Å². The van der Waals surface area contributed by atoms with Gasteiger partial charge in [-0.3, -0.25) is 0 Å². The maximum absolute atomic E-state index is 11.5. The van der Waals surface area contributed by atoms with E-state index in [0.29, 0.717) is 19.0 Å². The highest BCUT2D eigenvalue weighted by molar-refractivity contribution is 5.82. The summed E-state index contributed by atoms with van der Waals surface area (Å²) >= 11 is 0. The molecule has 0 spiro atoms. The summed E-state index contributed by atoms with van der Waals surface area (Å²) in [5.74, 6) is -0.986. The molecule has 1 atom stereocenters. The minimum Gasteiger partial charge on any atom is -0.480 e. The number of nitrogens with one attached hydrogen (secondary N) is 2. The molecule has 0 fully saturated rings. The van der Waals surface area contributed by atoms with Gasteiger partial charge in [0, 0.05) is 12.6 Å². The predicted molar refractivity (Wildman–Crippen MR) is 79.9 cm³/mol. The maximum atomic E-state index is 11.5. The predicted octanol–water partition coefficient (Wildman–Crippen LogP) is 1.66. The molecule has 0 aromatic heterocycles. The normalized spacial score (nSPS) is 12.5. The van der Waals surface area contributed by atoms with Crippen molar-refractivity contribution in [3.8, 4) is 0 Å². The number of hydrogen-bond acceptors (Lipinski definition) is 3. The van der Waals surface area contributed by atoms with Gasteiger partial charge in [-0.1, -0.05) is 13.3 Å². The number of carboxylic acids is 1. The van der Waals surface area contributed by atoms with Gasteiger partial charge in [0.15, 0.2) is 0 Å². The Morgan fingerprint density at radius 2 is 1.90 bits per heavy atom. The Morgan fingerprint density at radius 1 is 1.25 bits per heavy atom. The topological polar surface area (TPSA) is 81.7 Å². The summed E-state index contributed by atoms with van der Waals surface area (Å²) in [5.41, 5.74) is 0. The van der Waals surface area contributed by atoms with Crippen LogP contribution < -0.4 is 10.6 Å². The molecule has 0 aromatic carbocycles. The van der Waals surface area contributed by atoms with Crippen molar-refractivity contribution in [2.45, 2.75) is 58.5 Å². The first-order valence-electron chi connectivity index (χ1n) is 7.35. The van der Waals surface area contributed by atoms with Gasteiger partial charge in [-0.25, -0.2) is 9.59 Å². The van der Waals surface area contributed by atoms with Crippen LogP contribution in [0.4, 0.5) is 4.79 Å². The molecule has 0 unspecified atom stereocenters. The number of rotatable bonds is 10. The van der Waals surface area contributed by atoms with E-state index in [2.05, 4.69) is 36.4 Å². The molecule has 0 saturated carbocycles. The lowest BCUT2D eigenvalue weighted by Crippen LogP contribution is -2.46. The van der Waals surface area contributed by atoms with Gasteiger partial charge in [0.05, 0.1) is 0 Å². The summed E-state index contributed by atoms with van der Waals surface area (Å²) in [6.45, 7) is 7.74. The molecular weight excluding hydrogens is 258 g/mol. The molecule has 0 radical (unpaired) electrons. The lowest BCUT2D eigenvalue weighted by atomic mass is 10.2. The number of urea groups is 1. The molecule has 118 valence electrons. The highest BCUT2D eigenvalue weighted by atomic mass is 16.4. The largest absolute Gasteiger partial charge is 0.480 e. The first-order chi connectivity index (χ1) is 9.38. The Kier molecular flexibility index (Phi) is 9.80. The van der Waals surface area contributed by atoms with Crippen LogP contribution in [0.3, 0.4) is 0 Å². The summed E-state index contributed by atoms with van der Waals surface area (Å²) in [7, 11) is 2.08. The van der Waals surface area contributed by atoms with Gasteiger partial charge in [0.1, 0.15) is 6.04 Å². The maximum Gasteiger partial charge on any atom is 0.326 e. The van der Waals surface area contributed by atoms with Crippen LogP contribution in [0.1, 0.15) is 46.5 Å². The fourth-order valence-electron chi connectivity index (χ4n) is 1.70. The third-order valence-corrected chi connectivity index (χ3v) is 3.29. The third kappa shape index (κ3) is 8.74. The summed E-state index contributed by atoms with van der Waals surface area (Å²) in [6.07, 6.45) is 3.06. The van der Waals surface area contributed by atoms with Crippen LogP contribution in [0.15, 0.2) is 0 Å². The summed E-state index contributed by atoms with van der Waals surface area (Å²) in [5, 5.41) is 14.1. The SMILES string of the molecule is CCC[C@H](NC(=O)NCCCCN(C)C(C)C)C(=O)O. The molecule has 6 heteroatoms. The Bertz CT molecular complexity index is 295. The third-order valence-electron chi connectivity index (χ3n) is 3.29. The van der Waals surface area contributed by atoms with Crippen molar-refractivity contribution in [1.29, 1.82) is 0 Å².